The van der Waals surface area contributed by atoms with Crippen molar-refractivity contribution in [3.8, 4) is 0 Å². The summed E-state index contributed by atoms with van der Waals surface area (Å²) in [4.78, 5) is 17.5. The van der Waals surface area contributed by atoms with Gasteiger partial charge in [0.15, 0.2) is 5.96 Å². The predicted octanol–water partition coefficient (Wildman–Crippen LogP) is 3.56. The van der Waals surface area contributed by atoms with Crippen LogP contribution in [0.5, 0.6) is 0 Å². The minimum atomic E-state index is -0.197. The van der Waals surface area contributed by atoms with E-state index in [1.54, 1.807) is 20.2 Å². The molecule has 1 atom stereocenters. The highest BCUT2D eigenvalue weighted by molar-refractivity contribution is 14.0. The molecule has 0 fully saturated rings. The van der Waals surface area contributed by atoms with E-state index in [2.05, 4.69) is 45.4 Å². The number of guanidine groups is 1. The Morgan fingerprint density at radius 3 is 2.65 bits per heavy atom. The Balaban J connectivity index is 0.00000625. The lowest BCUT2D eigenvalue weighted by atomic mass is 10.1. The molecule has 0 saturated heterocycles. The molecule has 0 aliphatic carbocycles. The van der Waals surface area contributed by atoms with E-state index in [1.807, 2.05) is 6.07 Å². The second-order valence-electron chi connectivity index (χ2n) is 6.17. The van der Waals surface area contributed by atoms with E-state index in [0.717, 1.165) is 17.3 Å². The van der Waals surface area contributed by atoms with Crippen molar-refractivity contribution < 1.29 is 9.18 Å². The Morgan fingerprint density at radius 1 is 1.38 bits per heavy atom. The van der Waals surface area contributed by atoms with Gasteiger partial charge in [-0.15, -0.1) is 24.0 Å². The summed E-state index contributed by atoms with van der Waals surface area (Å²) in [5.41, 5.74) is 0.696. The lowest BCUT2D eigenvalue weighted by Crippen LogP contribution is -2.43. The fourth-order valence-corrected chi connectivity index (χ4v) is 2.32. The molecular formula is C18H29BrFIN4O. The highest BCUT2D eigenvalue weighted by atomic mass is 127. The number of nitrogens with zero attached hydrogens (tertiary/aromatic N) is 2. The van der Waals surface area contributed by atoms with Gasteiger partial charge in [-0.3, -0.25) is 4.79 Å². The number of halogens is 3. The molecule has 0 aromatic heterocycles. The van der Waals surface area contributed by atoms with Crippen LogP contribution in [0, 0.1) is 5.82 Å². The molecule has 0 aliphatic rings. The Morgan fingerprint density at radius 2 is 2.08 bits per heavy atom. The van der Waals surface area contributed by atoms with E-state index in [1.165, 1.54) is 11.0 Å². The van der Waals surface area contributed by atoms with Gasteiger partial charge >= 0.3 is 0 Å². The average molecular weight is 543 g/mol. The minimum absolute atomic E-state index is 0. The number of benzene rings is 1. The van der Waals surface area contributed by atoms with Gasteiger partial charge in [-0.05, 0) is 43.9 Å². The molecule has 0 saturated carbocycles. The summed E-state index contributed by atoms with van der Waals surface area (Å²) in [7, 11) is 3.42. The van der Waals surface area contributed by atoms with Crippen molar-refractivity contribution in [2.45, 2.75) is 39.2 Å². The number of carbonyl (C=O) groups is 1. The lowest BCUT2D eigenvalue weighted by molar-refractivity contribution is -0.127. The van der Waals surface area contributed by atoms with Crippen molar-refractivity contribution in [2.24, 2.45) is 4.99 Å². The van der Waals surface area contributed by atoms with Gasteiger partial charge in [-0.2, -0.15) is 0 Å². The van der Waals surface area contributed by atoms with Crippen LogP contribution in [0.3, 0.4) is 0 Å². The van der Waals surface area contributed by atoms with Crippen LogP contribution in [0.2, 0.25) is 0 Å². The average Bonchev–Trinajstić information content (AvgIpc) is 2.57. The zero-order chi connectivity index (χ0) is 18.8. The largest absolute Gasteiger partial charge is 0.356 e. The maximum atomic E-state index is 13.8. The third-order valence-electron chi connectivity index (χ3n) is 3.80. The number of amides is 1. The molecule has 1 rings (SSSR count). The first-order chi connectivity index (χ1) is 11.8. The topological polar surface area (TPSA) is 56.7 Å². The van der Waals surface area contributed by atoms with Crippen LogP contribution in [-0.4, -0.2) is 50.0 Å². The summed E-state index contributed by atoms with van der Waals surface area (Å²) in [5, 5.41) is 6.48. The number of nitrogens with one attached hydrogen (secondary N) is 2. The molecular weight excluding hydrogens is 514 g/mol. The SMILES string of the molecule is CCC(C)NC(=NCC(=O)N(C)C)NCCCc1ccc(Br)cc1F.I. The molecule has 0 aliphatic heterocycles. The quantitative estimate of drug-likeness (QED) is 0.228. The molecule has 0 radical (unpaired) electrons. The van der Waals surface area contributed by atoms with Crippen LogP contribution in [0.25, 0.3) is 0 Å². The van der Waals surface area contributed by atoms with E-state index in [-0.39, 0.29) is 48.3 Å². The first kappa shape index (κ1) is 25.1. The van der Waals surface area contributed by atoms with Crippen molar-refractivity contribution >= 4 is 51.8 Å². The van der Waals surface area contributed by atoms with Crippen LogP contribution < -0.4 is 10.6 Å². The van der Waals surface area contributed by atoms with E-state index < -0.39 is 0 Å². The van der Waals surface area contributed by atoms with Gasteiger partial charge in [0.2, 0.25) is 5.91 Å². The zero-order valence-electron chi connectivity index (χ0n) is 15.8. The molecule has 0 bridgehead atoms. The van der Waals surface area contributed by atoms with Gasteiger partial charge in [-0.1, -0.05) is 28.9 Å². The van der Waals surface area contributed by atoms with Gasteiger partial charge < -0.3 is 15.5 Å². The fraction of sp³-hybridized carbons (Fsp3) is 0.556. The number of hydrogen-bond donors (Lipinski definition) is 2. The number of aryl methyl sites for hydroxylation is 1. The molecule has 2 N–H and O–H groups in total. The molecule has 5 nitrogen and oxygen atoms in total. The minimum Gasteiger partial charge on any atom is -0.356 e. The van der Waals surface area contributed by atoms with Crippen LogP contribution in [0.1, 0.15) is 32.3 Å². The van der Waals surface area contributed by atoms with Crippen LogP contribution in [0.15, 0.2) is 27.7 Å². The molecule has 26 heavy (non-hydrogen) atoms. The second-order valence-corrected chi connectivity index (χ2v) is 7.09. The highest BCUT2D eigenvalue weighted by Gasteiger charge is 2.07. The number of aliphatic imine (C=N–C) groups is 1. The van der Waals surface area contributed by atoms with Crippen molar-refractivity contribution in [1.82, 2.24) is 15.5 Å². The van der Waals surface area contributed by atoms with Crippen LogP contribution >= 0.6 is 39.9 Å². The molecule has 8 heteroatoms. The normalized spacial score (nSPS) is 12.2. The number of carbonyl (C=O) groups excluding carboxylic acids is 1. The highest BCUT2D eigenvalue weighted by Crippen LogP contribution is 2.16. The maximum Gasteiger partial charge on any atom is 0.243 e. The van der Waals surface area contributed by atoms with Crippen molar-refractivity contribution in [3.63, 3.8) is 0 Å². The molecule has 0 heterocycles. The summed E-state index contributed by atoms with van der Waals surface area (Å²) >= 11 is 3.26. The number of rotatable bonds is 8. The molecule has 1 aromatic rings. The molecule has 1 amide bonds. The molecule has 1 unspecified atom stereocenters. The predicted molar refractivity (Wildman–Crippen MR) is 120 cm³/mol. The Bertz CT molecular complexity index is 599. The zero-order valence-corrected chi connectivity index (χ0v) is 19.7. The summed E-state index contributed by atoms with van der Waals surface area (Å²) in [6.45, 7) is 4.88. The van der Waals surface area contributed by atoms with E-state index in [0.29, 0.717) is 24.5 Å². The fourth-order valence-electron chi connectivity index (χ4n) is 1.99. The molecule has 0 spiro atoms. The maximum absolute atomic E-state index is 13.8. The van der Waals surface area contributed by atoms with Crippen molar-refractivity contribution in [1.29, 1.82) is 0 Å². The Hall–Kier alpha value is -0.900. The van der Waals surface area contributed by atoms with Gasteiger partial charge in [-0.25, -0.2) is 9.38 Å². The van der Waals surface area contributed by atoms with Crippen molar-refractivity contribution in [2.75, 3.05) is 27.2 Å². The lowest BCUT2D eigenvalue weighted by Gasteiger charge is -2.17. The number of hydrogen-bond acceptors (Lipinski definition) is 2. The Labute approximate surface area is 181 Å². The summed E-state index contributed by atoms with van der Waals surface area (Å²) in [5.74, 6) is 0.362. The molecule has 148 valence electrons. The smallest absolute Gasteiger partial charge is 0.243 e. The van der Waals surface area contributed by atoms with Gasteiger partial charge in [0.25, 0.3) is 0 Å². The number of likely N-dealkylation sites (N-methyl/N-ethyl adjacent to an activating group) is 1. The standard InChI is InChI=1S/C18H28BrFN4O.HI/c1-5-13(2)23-18(22-12-17(25)24(3)4)21-10-6-7-14-8-9-15(19)11-16(14)20;/h8-9,11,13H,5-7,10,12H2,1-4H3,(H2,21,22,23);1H. The van der Waals surface area contributed by atoms with E-state index in [9.17, 15) is 9.18 Å². The summed E-state index contributed by atoms with van der Waals surface area (Å²) in [6.07, 6.45) is 2.35. The summed E-state index contributed by atoms with van der Waals surface area (Å²) < 4.78 is 14.6. The van der Waals surface area contributed by atoms with Gasteiger partial charge in [0.1, 0.15) is 12.4 Å². The van der Waals surface area contributed by atoms with Crippen molar-refractivity contribution in [3.05, 3.63) is 34.1 Å². The van der Waals surface area contributed by atoms with Crippen LogP contribution in [0.4, 0.5) is 4.39 Å². The van der Waals surface area contributed by atoms with Gasteiger partial charge in [0, 0.05) is 31.2 Å². The molecule has 1 aromatic carbocycles. The van der Waals surface area contributed by atoms with Crippen LogP contribution in [-0.2, 0) is 11.2 Å². The van der Waals surface area contributed by atoms with E-state index >= 15 is 0 Å². The first-order valence-electron chi connectivity index (χ1n) is 8.52. The third kappa shape index (κ3) is 9.70. The third-order valence-corrected chi connectivity index (χ3v) is 4.29. The monoisotopic (exact) mass is 542 g/mol. The summed E-state index contributed by atoms with van der Waals surface area (Å²) in [6, 6.07) is 5.37. The Kier molecular flexibility index (Phi) is 12.8. The first-order valence-corrected chi connectivity index (χ1v) is 9.31. The van der Waals surface area contributed by atoms with E-state index in [4.69, 9.17) is 0 Å². The second kappa shape index (κ2) is 13.3. The van der Waals surface area contributed by atoms with Gasteiger partial charge in [0.05, 0.1) is 0 Å².